The fourth-order valence-corrected chi connectivity index (χ4v) is 3.74. The van der Waals surface area contributed by atoms with E-state index >= 15 is 0 Å². The first-order valence-corrected chi connectivity index (χ1v) is 10.0. The molecule has 3 heteroatoms. The summed E-state index contributed by atoms with van der Waals surface area (Å²) < 4.78 is 0. The molecule has 0 spiro atoms. The van der Waals surface area contributed by atoms with E-state index in [1.807, 2.05) is 43.3 Å². The second-order valence-electron chi connectivity index (χ2n) is 5.85. The average molecular weight is 440 g/mol. The van der Waals surface area contributed by atoms with Gasteiger partial charge in [0.15, 0.2) is 0 Å². The molecular formula is C20H25IOS. The van der Waals surface area contributed by atoms with Crippen LogP contribution in [0.15, 0.2) is 60.7 Å². The van der Waals surface area contributed by atoms with Crippen molar-refractivity contribution in [3.63, 3.8) is 0 Å². The quantitative estimate of drug-likeness (QED) is 0.468. The average Bonchev–Trinajstić information content (AvgIpc) is 2.57. The van der Waals surface area contributed by atoms with Crippen LogP contribution in [0.3, 0.4) is 0 Å². The molecule has 1 nitrogen and oxygen atoms in total. The molecule has 2 aromatic rings. The van der Waals surface area contributed by atoms with Gasteiger partial charge in [0, 0.05) is 12.8 Å². The van der Waals surface area contributed by atoms with Crippen molar-refractivity contribution in [3.8, 4) is 0 Å². The van der Waals surface area contributed by atoms with Crippen LogP contribution < -0.4 is 24.0 Å². The topological polar surface area (TPSA) is 17.1 Å². The van der Waals surface area contributed by atoms with E-state index in [0.717, 1.165) is 23.3 Å². The van der Waals surface area contributed by atoms with Gasteiger partial charge in [-0.1, -0.05) is 67.6 Å². The summed E-state index contributed by atoms with van der Waals surface area (Å²) in [5.74, 6) is 1.38. The summed E-state index contributed by atoms with van der Waals surface area (Å²) in [5, 5.41) is 0. The van der Waals surface area contributed by atoms with E-state index in [2.05, 4.69) is 36.8 Å². The maximum absolute atomic E-state index is 13.1. The van der Waals surface area contributed by atoms with Gasteiger partial charge in [-0.3, -0.25) is 4.79 Å². The summed E-state index contributed by atoms with van der Waals surface area (Å²) >= 11 is 0. The van der Waals surface area contributed by atoms with Crippen LogP contribution in [0.4, 0.5) is 0 Å². The highest BCUT2D eigenvalue weighted by atomic mass is 127. The number of Topliss-reactive ketones (excluding diaryl/α,β-unsaturated/α-hetero) is 1. The summed E-state index contributed by atoms with van der Waals surface area (Å²) in [5.41, 5.74) is 1.74. The van der Waals surface area contributed by atoms with Gasteiger partial charge in [0.25, 0.3) is 0 Å². The van der Waals surface area contributed by atoms with Crippen LogP contribution in [0.25, 0.3) is 0 Å². The van der Waals surface area contributed by atoms with Crippen molar-refractivity contribution in [2.45, 2.75) is 25.2 Å². The minimum Gasteiger partial charge on any atom is -1.00 e. The second kappa shape index (κ2) is 9.48. The third-order valence-electron chi connectivity index (χ3n) is 4.22. The molecular weight excluding hydrogens is 415 g/mol. The largest absolute Gasteiger partial charge is 1.00 e. The van der Waals surface area contributed by atoms with Gasteiger partial charge < -0.3 is 24.0 Å². The van der Waals surface area contributed by atoms with Gasteiger partial charge in [-0.15, -0.1) is 0 Å². The lowest BCUT2D eigenvalue weighted by atomic mass is 9.68. The predicted octanol–water partition coefficient (Wildman–Crippen LogP) is 1.22. The molecule has 23 heavy (non-hydrogen) atoms. The van der Waals surface area contributed by atoms with E-state index in [1.54, 1.807) is 0 Å². The first kappa shape index (κ1) is 20.2. The Morgan fingerprint density at radius 2 is 1.35 bits per heavy atom. The Kier molecular flexibility index (Phi) is 8.34. The van der Waals surface area contributed by atoms with Crippen LogP contribution in [0.1, 0.15) is 30.9 Å². The van der Waals surface area contributed by atoms with Crippen molar-refractivity contribution in [1.82, 2.24) is 0 Å². The first-order valence-electron chi connectivity index (χ1n) is 7.79. The van der Waals surface area contributed by atoms with Crippen LogP contribution in [-0.4, -0.2) is 24.0 Å². The normalized spacial score (nSPS) is 11.1. The van der Waals surface area contributed by atoms with Crippen LogP contribution >= 0.6 is 0 Å². The minimum absolute atomic E-state index is 0. The van der Waals surface area contributed by atoms with E-state index < -0.39 is 5.41 Å². The van der Waals surface area contributed by atoms with Gasteiger partial charge in [-0.25, -0.2) is 0 Å². The molecule has 0 atom stereocenters. The molecule has 0 aliphatic carbocycles. The van der Waals surface area contributed by atoms with Gasteiger partial charge >= 0.3 is 0 Å². The zero-order valence-corrected chi connectivity index (χ0v) is 17.1. The van der Waals surface area contributed by atoms with Crippen LogP contribution in [0.5, 0.6) is 0 Å². The zero-order chi connectivity index (χ0) is 16.0. The van der Waals surface area contributed by atoms with E-state index in [0.29, 0.717) is 23.1 Å². The number of ketones is 1. The molecule has 0 fully saturated rings. The maximum Gasteiger partial charge on any atom is 0.147 e. The molecule has 0 aromatic heterocycles. The molecule has 0 heterocycles. The Morgan fingerprint density at radius 3 is 1.70 bits per heavy atom. The number of carbonyl (C=O) groups is 1. The van der Waals surface area contributed by atoms with Gasteiger partial charge in [-0.2, -0.15) is 0 Å². The zero-order valence-electron chi connectivity index (χ0n) is 14.1. The first-order chi connectivity index (χ1) is 10.6. The Morgan fingerprint density at radius 1 is 0.913 bits per heavy atom. The lowest BCUT2D eigenvalue weighted by molar-refractivity contribution is -0.123. The molecule has 0 unspecified atom stereocenters. The Hall–Kier alpha value is -0.810. The molecule has 0 N–H and O–H groups in total. The monoisotopic (exact) mass is 440 g/mol. The van der Waals surface area contributed by atoms with Crippen molar-refractivity contribution in [2.75, 3.05) is 18.3 Å². The van der Waals surface area contributed by atoms with Crippen molar-refractivity contribution < 1.29 is 28.8 Å². The minimum atomic E-state index is -0.505. The Balaban J connectivity index is 0.00000264. The van der Waals surface area contributed by atoms with Gasteiger partial charge in [0.05, 0.1) is 17.9 Å². The molecule has 0 amide bonds. The molecule has 2 rings (SSSR count). The molecule has 0 saturated heterocycles. The highest BCUT2D eigenvalue weighted by molar-refractivity contribution is 7.95. The molecule has 0 aliphatic heterocycles. The van der Waals surface area contributed by atoms with Gasteiger partial charge in [-0.05, 0) is 22.0 Å². The molecule has 0 saturated carbocycles. The van der Waals surface area contributed by atoms with E-state index in [4.69, 9.17) is 0 Å². The van der Waals surface area contributed by atoms with Crippen LogP contribution in [0.2, 0.25) is 0 Å². The van der Waals surface area contributed by atoms with Crippen molar-refractivity contribution >= 4 is 16.7 Å². The summed E-state index contributed by atoms with van der Waals surface area (Å²) in [6.45, 7) is 1.97. The number of halogens is 1. The Labute approximate surface area is 160 Å². The molecule has 0 bridgehead atoms. The van der Waals surface area contributed by atoms with Gasteiger partial charge in [0.2, 0.25) is 0 Å². The van der Waals surface area contributed by atoms with Crippen LogP contribution in [0, 0.1) is 0 Å². The fraction of sp³-hybridized carbons (Fsp3) is 0.350. The third kappa shape index (κ3) is 4.60. The SMILES string of the molecule is CCC(=O)C(CC[S+](C)C)(c1ccccc1)c1ccccc1.[I-]. The fourth-order valence-electron chi connectivity index (χ4n) is 3.02. The van der Waals surface area contributed by atoms with E-state index in [-0.39, 0.29) is 24.0 Å². The van der Waals surface area contributed by atoms with Crippen molar-refractivity contribution in [2.24, 2.45) is 0 Å². The number of carbonyl (C=O) groups excluding carboxylic acids is 1. The summed E-state index contributed by atoms with van der Waals surface area (Å²) in [6.07, 6.45) is 5.93. The third-order valence-corrected chi connectivity index (χ3v) is 5.24. The van der Waals surface area contributed by atoms with Crippen molar-refractivity contribution in [3.05, 3.63) is 71.8 Å². The summed E-state index contributed by atoms with van der Waals surface area (Å²) in [6, 6.07) is 20.6. The standard InChI is InChI=1S/C20H25OS.HI/c1-4-19(21)20(15-16-22(2)3,17-11-7-5-8-12-17)18-13-9-6-10-14-18;/h5-14H,4,15-16H2,1-3H3;1H/q+1;/p-1. The maximum atomic E-state index is 13.1. The number of benzene rings is 2. The van der Waals surface area contributed by atoms with Crippen LogP contribution in [-0.2, 0) is 21.1 Å². The lowest BCUT2D eigenvalue weighted by Gasteiger charge is -2.33. The van der Waals surface area contributed by atoms with Gasteiger partial charge in [0.1, 0.15) is 11.5 Å². The Bertz CT molecular complexity index is 556. The summed E-state index contributed by atoms with van der Waals surface area (Å²) in [7, 11) is 0.320. The predicted molar refractivity (Wildman–Crippen MR) is 97.7 cm³/mol. The van der Waals surface area contributed by atoms with Crippen molar-refractivity contribution in [1.29, 1.82) is 0 Å². The molecule has 124 valence electrons. The number of rotatable bonds is 7. The lowest BCUT2D eigenvalue weighted by Crippen LogP contribution is -3.00. The highest BCUT2D eigenvalue weighted by Crippen LogP contribution is 2.38. The molecule has 0 aliphatic rings. The van der Waals surface area contributed by atoms with E-state index in [9.17, 15) is 4.79 Å². The second-order valence-corrected chi connectivity index (χ2v) is 8.23. The number of hydrogen-bond acceptors (Lipinski definition) is 1. The molecule has 2 aromatic carbocycles. The smallest absolute Gasteiger partial charge is 0.147 e. The summed E-state index contributed by atoms with van der Waals surface area (Å²) in [4.78, 5) is 13.1. The number of hydrogen-bond donors (Lipinski definition) is 0. The van der Waals surface area contributed by atoms with E-state index in [1.165, 1.54) is 0 Å². The highest BCUT2D eigenvalue weighted by Gasteiger charge is 2.41. The molecule has 0 radical (unpaired) electrons.